The standard InChI is InChI=1S/C29H37N3O3/c1-2-3-11-26(25-10-7-14-30-22-25)23-8-6-9-24(21-23)28(13-16-32-17-19-34-20-18-32)35-29(33)27-12-4-5-15-31-27/h2-3,6-11,14,21-22,27-28,31H,4-5,12-13,15-20H2,1H3/b3-2-,26-11+. The number of carbonyl (C=O) groups is 1. The summed E-state index contributed by atoms with van der Waals surface area (Å²) in [5, 5.41) is 3.33. The zero-order chi connectivity index (χ0) is 24.3. The summed E-state index contributed by atoms with van der Waals surface area (Å²) in [6, 6.07) is 12.2. The van der Waals surface area contributed by atoms with Gasteiger partial charge in [-0.1, -0.05) is 48.9 Å². The van der Waals surface area contributed by atoms with E-state index in [4.69, 9.17) is 9.47 Å². The van der Waals surface area contributed by atoms with Gasteiger partial charge in [-0.3, -0.25) is 14.7 Å². The van der Waals surface area contributed by atoms with E-state index in [-0.39, 0.29) is 18.1 Å². The minimum absolute atomic E-state index is 0.140. The SMILES string of the molecule is C/C=C\C=C(\c1cccnc1)c1cccc(C(CCN2CCOCC2)OC(=O)C2CCCCN2)c1. The monoisotopic (exact) mass is 475 g/mol. The van der Waals surface area contributed by atoms with Gasteiger partial charge in [0.25, 0.3) is 0 Å². The van der Waals surface area contributed by atoms with Crippen molar-refractivity contribution in [3.05, 3.63) is 83.7 Å². The van der Waals surface area contributed by atoms with E-state index in [0.717, 1.165) is 87.3 Å². The van der Waals surface area contributed by atoms with Crippen LogP contribution < -0.4 is 5.32 Å². The molecule has 3 heterocycles. The Balaban J connectivity index is 1.58. The molecule has 1 N–H and O–H groups in total. The molecule has 186 valence electrons. The Morgan fingerprint density at radius 2 is 2.09 bits per heavy atom. The molecule has 2 atom stereocenters. The number of carbonyl (C=O) groups excluding carboxylic acids is 1. The molecular formula is C29H37N3O3. The molecule has 2 fully saturated rings. The molecule has 0 radical (unpaired) electrons. The van der Waals surface area contributed by atoms with Gasteiger partial charge in [-0.15, -0.1) is 0 Å². The molecule has 2 saturated heterocycles. The molecule has 1 aromatic carbocycles. The molecule has 35 heavy (non-hydrogen) atoms. The first-order valence-electron chi connectivity index (χ1n) is 12.8. The third-order valence-corrected chi connectivity index (χ3v) is 6.66. The number of hydrogen-bond donors (Lipinski definition) is 1. The predicted molar refractivity (Wildman–Crippen MR) is 139 cm³/mol. The second kappa shape index (κ2) is 13.3. The zero-order valence-electron chi connectivity index (χ0n) is 20.7. The molecule has 6 heteroatoms. The number of esters is 1. The first-order valence-corrected chi connectivity index (χ1v) is 12.8. The second-order valence-corrected chi connectivity index (χ2v) is 9.14. The zero-order valence-corrected chi connectivity index (χ0v) is 20.7. The van der Waals surface area contributed by atoms with Gasteiger partial charge in [0.2, 0.25) is 0 Å². The fourth-order valence-electron chi connectivity index (χ4n) is 4.67. The molecule has 6 nitrogen and oxygen atoms in total. The summed E-state index contributed by atoms with van der Waals surface area (Å²) in [5.41, 5.74) is 4.24. The largest absolute Gasteiger partial charge is 0.456 e. The number of hydrogen-bond acceptors (Lipinski definition) is 6. The predicted octanol–water partition coefficient (Wildman–Crippen LogP) is 4.54. The summed E-state index contributed by atoms with van der Waals surface area (Å²) in [4.78, 5) is 19.8. The number of morpholine rings is 1. The summed E-state index contributed by atoms with van der Waals surface area (Å²) >= 11 is 0. The Morgan fingerprint density at radius 1 is 1.23 bits per heavy atom. The highest BCUT2D eigenvalue weighted by Gasteiger charge is 2.26. The Bertz CT molecular complexity index is 993. The van der Waals surface area contributed by atoms with Crippen molar-refractivity contribution in [2.45, 2.75) is 44.8 Å². The molecule has 0 saturated carbocycles. The van der Waals surface area contributed by atoms with Gasteiger partial charge >= 0.3 is 5.97 Å². The van der Waals surface area contributed by atoms with Crippen LogP contribution >= 0.6 is 0 Å². The molecule has 2 aliphatic rings. The summed E-state index contributed by atoms with van der Waals surface area (Å²) in [7, 11) is 0. The van der Waals surface area contributed by atoms with E-state index in [9.17, 15) is 4.79 Å². The molecule has 2 unspecified atom stereocenters. The van der Waals surface area contributed by atoms with Crippen molar-refractivity contribution in [3.63, 3.8) is 0 Å². The lowest BCUT2D eigenvalue weighted by Gasteiger charge is -2.29. The summed E-state index contributed by atoms with van der Waals surface area (Å²) in [6.45, 7) is 7.11. The van der Waals surface area contributed by atoms with Gasteiger partial charge in [0.05, 0.1) is 13.2 Å². The van der Waals surface area contributed by atoms with Crippen molar-refractivity contribution in [2.24, 2.45) is 0 Å². The van der Waals surface area contributed by atoms with E-state index >= 15 is 0 Å². The van der Waals surface area contributed by atoms with E-state index in [1.165, 1.54) is 0 Å². The molecule has 0 amide bonds. The van der Waals surface area contributed by atoms with Gasteiger partial charge in [0.15, 0.2) is 0 Å². The molecule has 4 rings (SSSR count). The number of benzene rings is 1. The van der Waals surface area contributed by atoms with E-state index < -0.39 is 0 Å². The van der Waals surface area contributed by atoms with Gasteiger partial charge in [-0.05, 0) is 55.1 Å². The maximum atomic E-state index is 13.1. The van der Waals surface area contributed by atoms with Crippen molar-refractivity contribution >= 4 is 11.5 Å². The number of pyridine rings is 1. The lowest BCUT2D eigenvalue weighted by molar-refractivity contribution is -0.153. The number of nitrogens with one attached hydrogen (secondary N) is 1. The lowest BCUT2D eigenvalue weighted by Crippen LogP contribution is -2.42. The van der Waals surface area contributed by atoms with E-state index in [1.54, 1.807) is 6.20 Å². The fourth-order valence-corrected chi connectivity index (χ4v) is 4.67. The van der Waals surface area contributed by atoms with Crippen LogP contribution in [-0.4, -0.2) is 61.3 Å². The summed E-state index contributed by atoms with van der Waals surface area (Å²) in [6.07, 6.45) is 13.3. The number of ether oxygens (including phenoxy) is 2. The average molecular weight is 476 g/mol. The van der Waals surface area contributed by atoms with Gasteiger partial charge in [0.1, 0.15) is 12.1 Å². The highest BCUT2D eigenvalue weighted by Crippen LogP contribution is 2.29. The number of rotatable bonds is 9. The van der Waals surface area contributed by atoms with Crippen molar-refractivity contribution < 1.29 is 14.3 Å². The Morgan fingerprint density at radius 3 is 2.83 bits per heavy atom. The molecule has 0 spiro atoms. The minimum atomic E-state index is -0.300. The Labute approximate surface area is 209 Å². The van der Waals surface area contributed by atoms with E-state index in [1.807, 2.05) is 31.3 Å². The number of aromatic nitrogens is 1. The number of piperidine rings is 1. The third kappa shape index (κ3) is 7.34. The summed E-state index contributed by atoms with van der Waals surface area (Å²) < 4.78 is 11.7. The Hall–Kier alpha value is -2.80. The molecule has 0 aliphatic carbocycles. The number of nitrogens with zero attached hydrogens (tertiary/aromatic N) is 2. The van der Waals surface area contributed by atoms with E-state index in [0.29, 0.717) is 0 Å². The molecule has 2 aromatic rings. The van der Waals surface area contributed by atoms with Crippen LogP contribution in [0, 0.1) is 0 Å². The maximum absolute atomic E-state index is 13.1. The quantitative estimate of drug-likeness (QED) is 0.424. The Kier molecular flexibility index (Phi) is 9.64. The molecule has 1 aromatic heterocycles. The van der Waals surface area contributed by atoms with Crippen LogP contribution in [-0.2, 0) is 14.3 Å². The van der Waals surface area contributed by atoms with Gasteiger partial charge in [0, 0.05) is 44.0 Å². The smallest absolute Gasteiger partial charge is 0.323 e. The highest BCUT2D eigenvalue weighted by atomic mass is 16.5. The van der Waals surface area contributed by atoms with Crippen LogP contribution in [0.25, 0.3) is 5.57 Å². The van der Waals surface area contributed by atoms with Crippen LogP contribution in [0.15, 0.2) is 67.0 Å². The van der Waals surface area contributed by atoms with Crippen LogP contribution in [0.5, 0.6) is 0 Å². The van der Waals surface area contributed by atoms with Crippen molar-refractivity contribution in [1.82, 2.24) is 15.2 Å². The first kappa shape index (κ1) is 25.3. The van der Waals surface area contributed by atoms with Crippen LogP contribution in [0.3, 0.4) is 0 Å². The molecular weight excluding hydrogens is 438 g/mol. The van der Waals surface area contributed by atoms with Gasteiger partial charge < -0.3 is 14.8 Å². The average Bonchev–Trinajstić information content (AvgIpc) is 2.93. The van der Waals surface area contributed by atoms with Crippen molar-refractivity contribution in [1.29, 1.82) is 0 Å². The topological polar surface area (TPSA) is 63.7 Å². The molecule has 0 bridgehead atoms. The summed E-state index contributed by atoms with van der Waals surface area (Å²) in [5.74, 6) is -0.140. The highest BCUT2D eigenvalue weighted by molar-refractivity contribution is 5.81. The van der Waals surface area contributed by atoms with E-state index in [2.05, 4.69) is 51.6 Å². The molecule has 2 aliphatic heterocycles. The van der Waals surface area contributed by atoms with Gasteiger partial charge in [-0.25, -0.2) is 0 Å². The van der Waals surface area contributed by atoms with Crippen molar-refractivity contribution in [2.75, 3.05) is 39.4 Å². The first-order chi connectivity index (χ1) is 17.2. The fraction of sp³-hybridized carbons (Fsp3) is 0.448. The third-order valence-electron chi connectivity index (χ3n) is 6.66. The number of allylic oxidation sites excluding steroid dienone is 3. The lowest BCUT2D eigenvalue weighted by atomic mass is 9.95. The minimum Gasteiger partial charge on any atom is -0.456 e. The second-order valence-electron chi connectivity index (χ2n) is 9.14. The van der Waals surface area contributed by atoms with Crippen LogP contribution in [0.1, 0.15) is 55.4 Å². The normalized spacial score (nSPS) is 20.6. The van der Waals surface area contributed by atoms with Crippen molar-refractivity contribution in [3.8, 4) is 0 Å². The van der Waals surface area contributed by atoms with Gasteiger partial charge in [-0.2, -0.15) is 0 Å². The maximum Gasteiger partial charge on any atom is 0.323 e. The van der Waals surface area contributed by atoms with Crippen LogP contribution in [0.4, 0.5) is 0 Å². The van der Waals surface area contributed by atoms with Crippen LogP contribution in [0.2, 0.25) is 0 Å².